The van der Waals surface area contributed by atoms with Crippen molar-refractivity contribution < 1.29 is 9.59 Å². The Bertz CT molecular complexity index is 1130. The highest BCUT2D eigenvalue weighted by atomic mass is 32.2. The second kappa shape index (κ2) is 8.60. The van der Waals surface area contributed by atoms with Gasteiger partial charge in [0.25, 0.3) is 11.8 Å². The summed E-state index contributed by atoms with van der Waals surface area (Å²) in [5.41, 5.74) is 4.47. The van der Waals surface area contributed by atoms with Crippen LogP contribution < -0.4 is 10.6 Å². The van der Waals surface area contributed by atoms with E-state index in [1.165, 1.54) is 22.9 Å². The van der Waals surface area contributed by atoms with Crippen LogP contribution in [0.3, 0.4) is 0 Å². The minimum Gasteiger partial charge on any atom is -0.352 e. The fraction of sp³-hybridized carbons (Fsp3) is 0.231. The fourth-order valence-corrected chi connectivity index (χ4v) is 4.51. The van der Waals surface area contributed by atoms with E-state index in [9.17, 15) is 9.59 Å². The van der Waals surface area contributed by atoms with Crippen molar-refractivity contribution in [2.75, 3.05) is 11.9 Å². The summed E-state index contributed by atoms with van der Waals surface area (Å²) < 4.78 is 0. The third-order valence-corrected chi connectivity index (χ3v) is 6.51. The van der Waals surface area contributed by atoms with Crippen molar-refractivity contribution >= 4 is 29.3 Å². The predicted octanol–water partition coefficient (Wildman–Crippen LogP) is 5.67. The van der Waals surface area contributed by atoms with Crippen molar-refractivity contribution in [3.05, 3.63) is 89.0 Å². The first-order valence-corrected chi connectivity index (χ1v) is 11.2. The predicted molar refractivity (Wildman–Crippen MR) is 126 cm³/mol. The topological polar surface area (TPSA) is 58.2 Å². The summed E-state index contributed by atoms with van der Waals surface area (Å²) in [6.45, 7) is 7.14. The van der Waals surface area contributed by atoms with Crippen molar-refractivity contribution in [3.63, 3.8) is 0 Å². The summed E-state index contributed by atoms with van der Waals surface area (Å²) in [4.78, 5) is 27.0. The summed E-state index contributed by atoms with van der Waals surface area (Å²) in [6.07, 6.45) is 0.767. The van der Waals surface area contributed by atoms with Crippen LogP contribution in [-0.4, -0.2) is 18.4 Å². The molecule has 0 saturated carbocycles. The van der Waals surface area contributed by atoms with Crippen LogP contribution in [0.25, 0.3) is 0 Å². The molecule has 2 N–H and O–H groups in total. The third kappa shape index (κ3) is 4.83. The Morgan fingerprint density at radius 3 is 2.45 bits per heavy atom. The second-order valence-corrected chi connectivity index (χ2v) is 9.80. The van der Waals surface area contributed by atoms with E-state index in [0.29, 0.717) is 23.4 Å². The molecule has 0 unspecified atom stereocenters. The highest BCUT2D eigenvalue weighted by Gasteiger charge is 2.20. The quantitative estimate of drug-likeness (QED) is 0.560. The molecule has 1 aliphatic rings. The van der Waals surface area contributed by atoms with Gasteiger partial charge in [-0.15, -0.1) is 0 Å². The van der Waals surface area contributed by atoms with E-state index < -0.39 is 0 Å². The largest absolute Gasteiger partial charge is 0.352 e. The first-order chi connectivity index (χ1) is 14.8. The molecule has 4 nitrogen and oxygen atoms in total. The minimum atomic E-state index is -0.155. The van der Waals surface area contributed by atoms with E-state index in [4.69, 9.17) is 0 Å². The van der Waals surface area contributed by atoms with Crippen molar-refractivity contribution in [3.8, 4) is 0 Å². The average molecular weight is 431 g/mol. The Morgan fingerprint density at radius 2 is 1.71 bits per heavy atom. The lowest BCUT2D eigenvalue weighted by Crippen LogP contribution is -2.26. The number of amides is 2. The summed E-state index contributed by atoms with van der Waals surface area (Å²) in [6, 6.07) is 21.5. The summed E-state index contributed by atoms with van der Waals surface area (Å²) >= 11 is 1.53. The van der Waals surface area contributed by atoms with Crippen molar-refractivity contribution in [2.45, 2.75) is 42.4 Å². The molecular weight excluding hydrogens is 404 g/mol. The number of hydrogen-bond donors (Lipinski definition) is 2. The summed E-state index contributed by atoms with van der Waals surface area (Å²) in [7, 11) is 0. The van der Waals surface area contributed by atoms with Crippen LogP contribution in [0.15, 0.2) is 76.5 Å². The van der Waals surface area contributed by atoms with Gasteiger partial charge in [0, 0.05) is 21.9 Å². The fourth-order valence-electron chi connectivity index (χ4n) is 3.50. The maximum Gasteiger partial charge on any atom is 0.256 e. The zero-order chi connectivity index (χ0) is 22.0. The zero-order valence-corrected chi connectivity index (χ0v) is 18.8. The molecule has 0 atom stereocenters. The van der Waals surface area contributed by atoms with Crippen molar-refractivity contribution in [2.24, 2.45) is 0 Å². The molecule has 2 amide bonds. The lowest BCUT2D eigenvalue weighted by Gasteiger charge is -2.19. The van der Waals surface area contributed by atoms with Gasteiger partial charge in [0.05, 0.1) is 11.3 Å². The number of fused-ring (bicyclic) bond motifs is 2. The van der Waals surface area contributed by atoms with Crippen LogP contribution in [-0.2, 0) is 11.8 Å². The van der Waals surface area contributed by atoms with Gasteiger partial charge in [-0.25, -0.2) is 0 Å². The molecule has 0 bridgehead atoms. The molecule has 3 aromatic carbocycles. The molecule has 158 valence electrons. The average Bonchev–Trinajstić information content (AvgIpc) is 2.88. The number of carbonyl (C=O) groups excluding carboxylic acids is 2. The van der Waals surface area contributed by atoms with Crippen LogP contribution in [0, 0.1) is 0 Å². The summed E-state index contributed by atoms with van der Waals surface area (Å²) in [5, 5.41) is 5.92. The van der Waals surface area contributed by atoms with Gasteiger partial charge >= 0.3 is 0 Å². The van der Waals surface area contributed by atoms with Gasteiger partial charge in [0.2, 0.25) is 0 Å². The zero-order valence-electron chi connectivity index (χ0n) is 18.0. The van der Waals surface area contributed by atoms with Crippen molar-refractivity contribution in [1.29, 1.82) is 0 Å². The lowest BCUT2D eigenvalue weighted by molar-refractivity contribution is 0.0952. The molecule has 0 saturated heterocycles. The molecule has 0 fully saturated rings. The normalized spacial score (nSPS) is 12.9. The van der Waals surface area contributed by atoms with E-state index in [-0.39, 0.29) is 17.2 Å². The minimum absolute atomic E-state index is 0.132. The van der Waals surface area contributed by atoms with Crippen molar-refractivity contribution in [1.82, 2.24) is 5.32 Å². The molecule has 0 spiro atoms. The summed E-state index contributed by atoms with van der Waals surface area (Å²) in [5.74, 6) is -0.298. The van der Waals surface area contributed by atoms with Crippen LogP contribution in [0.5, 0.6) is 0 Å². The van der Waals surface area contributed by atoms with E-state index in [2.05, 4.69) is 55.7 Å². The van der Waals surface area contributed by atoms with Gasteiger partial charge in [-0.2, -0.15) is 0 Å². The Balaban J connectivity index is 1.40. The maximum atomic E-state index is 12.7. The molecular formula is C26H26N2O2S. The highest BCUT2D eigenvalue weighted by molar-refractivity contribution is 7.99. The molecule has 3 aromatic rings. The number of rotatable bonds is 4. The molecule has 1 aliphatic heterocycles. The standard InChI is InChI=1S/C26H26N2O2S/c1-26(2,3)19-11-8-17(9-12-19)14-15-27-24(29)18-10-13-23-21(16-18)28-25(30)20-6-4-5-7-22(20)31-23/h4-13,16H,14-15H2,1-3H3,(H,27,29)(H,28,30). The van der Waals surface area contributed by atoms with Crippen LogP contribution >= 0.6 is 11.8 Å². The SMILES string of the molecule is CC(C)(C)c1ccc(CCNC(=O)c2ccc3c(c2)NC(=O)c2ccccc2S3)cc1. The van der Waals surface area contributed by atoms with Gasteiger partial charge in [-0.1, -0.05) is 68.9 Å². The van der Waals surface area contributed by atoms with E-state index in [1.807, 2.05) is 30.3 Å². The van der Waals surface area contributed by atoms with Crippen LogP contribution in [0.1, 0.15) is 52.6 Å². The van der Waals surface area contributed by atoms with Crippen LogP contribution in [0.4, 0.5) is 5.69 Å². The molecule has 4 rings (SSSR count). The Kier molecular flexibility index (Phi) is 5.88. The van der Waals surface area contributed by atoms with Crippen LogP contribution in [0.2, 0.25) is 0 Å². The number of carbonyl (C=O) groups is 2. The van der Waals surface area contributed by atoms with Gasteiger partial charge in [0.15, 0.2) is 0 Å². The second-order valence-electron chi connectivity index (χ2n) is 8.72. The monoisotopic (exact) mass is 430 g/mol. The Hall–Kier alpha value is -3.05. The van der Waals surface area contributed by atoms with Gasteiger partial charge in [-0.05, 0) is 53.3 Å². The molecule has 5 heteroatoms. The maximum absolute atomic E-state index is 12.7. The van der Waals surface area contributed by atoms with Gasteiger partial charge < -0.3 is 10.6 Å². The smallest absolute Gasteiger partial charge is 0.256 e. The number of benzene rings is 3. The third-order valence-electron chi connectivity index (χ3n) is 5.36. The van der Waals surface area contributed by atoms with Gasteiger partial charge in [-0.3, -0.25) is 9.59 Å². The first-order valence-electron chi connectivity index (χ1n) is 10.4. The van der Waals surface area contributed by atoms with E-state index >= 15 is 0 Å². The van der Waals surface area contributed by atoms with Gasteiger partial charge in [0.1, 0.15) is 0 Å². The molecule has 0 radical (unpaired) electrons. The van der Waals surface area contributed by atoms with E-state index in [0.717, 1.165) is 16.2 Å². The lowest BCUT2D eigenvalue weighted by atomic mass is 9.86. The Labute approximate surface area is 187 Å². The molecule has 31 heavy (non-hydrogen) atoms. The first kappa shape index (κ1) is 21.2. The highest BCUT2D eigenvalue weighted by Crippen LogP contribution is 2.39. The number of nitrogens with one attached hydrogen (secondary N) is 2. The van der Waals surface area contributed by atoms with E-state index in [1.54, 1.807) is 12.1 Å². The molecule has 0 aliphatic carbocycles. The molecule has 1 heterocycles. The molecule has 0 aromatic heterocycles. The Morgan fingerprint density at radius 1 is 0.968 bits per heavy atom. The number of anilines is 1. The number of hydrogen-bond acceptors (Lipinski definition) is 3.